The number of carboxylic acid groups (broad SMARTS) is 1. The molecule has 5 rings (SSSR count). The molecule has 0 spiro atoms. The molecule has 44 heavy (non-hydrogen) atoms. The minimum absolute atomic E-state index is 0.103. The van der Waals surface area contributed by atoms with Gasteiger partial charge in [0.15, 0.2) is 17.7 Å². The fourth-order valence-corrected chi connectivity index (χ4v) is 6.32. The van der Waals surface area contributed by atoms with E-state index in [2.05, 4.69) is 0 Å². The highest BCUT2D eigenvalue weighted by atomic mass is 35.5. The van der Waals surface area contributed by atoms with Gasteiger partial charge in [-0.05, 0) is 112 Å². The lowest BCUT2D eigenvalue weighted by molar-refractivity contribution is -0.160. The Bertz CT molecular complexity index is 1680. The van der Waals surface area contributed by atoms with Crippen molar-refractivity contribution < 1.29 is 41.7 Å². The molecule has 0 saturated heterocycles. The Labute approximate surface area is 257 Å². The maximum atomic E-state index is 15.6. The number of nitrogens with zero attached hydrogens (tertiary/aromatic N) is 1. The van der Waals surface area contributed by atoms with Crippen molar-refractivity contribution >= 4 is 29.2 Å². The van der Waals surface area contributed by atoms with Crippen molar-refractivity contribution in [3.05, 3.63) is 80.1 Å². The largest absolute Gasteiger partial charge is 0.490 e. The molecule has 234 valence electrons. The van der Waals surface area contributed by atoms with E-state index in [1.54, 1.807) is 33.8 Å². The summed E-state index contributed by atoms with van der Waals surface area (Å²) in [7, 11) is 0. The summed E-state index contributed by atoms with van der Waals surface area (Å²) < 4.78 is 67.8. The van der Waals surface area contributed by atoms with Crippen LogP contribution in [0.25, 0.3) is 11.1 Å². The van der Waals surface area contributed by atoms with Crippen LogP contribution in [-0.4, -0.2) is 35.7 Å². The SMILES string of the molecule is Cc1cc2c(c(-c3cc(F)c4c(c3C)CCCO4)c1C(OC(C)(C)C)C(=O)O)CCN2C(=O)c1cc(Cl)cc(C(F)(F)F)c1. The highest BCUT2D eigenvalue weighted by Crippen LogP contribution is 2.48. The predicted octanol–water partition coefficient (Wildman–Crippen LogP) is 8.25. The first-order valence-electron chi connectivity index (χ1n) is 14.2. The molecule has 11 heteroatoms. The number of alkyl halides is 3. The lowest BCUT2D eigenvalue weighted by Gasteiger charge is -2.30. The molecule has 1 N–H and O–H groups in total. The van der Waals surface area contributed by atoms with E-state index in [1.165, 1.54) is 17.0 Å². The maximum Gasteiger partial charge on any atom is 0.416 e. The molecule has 0 radical (unpaired) electrons. The fraction of sp³-hybridized carbons (Fsp3) is 0.394. The van der Waals surface area contributed by atoms with E-state index < -0.39 is 41.1 Å². The van der Waals surface area contributed by atoms with Crippen molar-refractivity contribution in [3.8, 4) is 16.9 Å². The zero-order chi connectivity index (χ0) is 32.3. The second kappa shape index (κ2) is 11.4. The van der Waals surface area contributed by atoms with E-state index >= 15 is 4.39 Å². The summed E-state index contributed by atoms with van der Waals surface area (Å²) in [5.74, 6) is -2.36. The number of aryl methyl sites for hydroxylation is 1. The zero-order valence-electron chi connectivity index (χ0n) is 24.9. The number of aliphatic carboxylic acids is 1. The van der Waals surface area contributed by atoms with E-state index in [0.717, 1.165) is 12.1 Å². The molecule has 0 aromatic heterocycles. The van der Waals surface area contributed by atoms with Crippen LogP contribution in [0.3, 0.4) is 0 Å². The lowest BCUT2D eigenvalue weighted by Crippen LogP contribution is -2.30. The first-order chi connectivity index (χ1) is 20.5. The fourth-order valence-electron chi connectivity index (χ4n) is 6.09. The molecule has 0 aliphatic carbocycles. The molecule has 6 nitrogen and oxygen atoms in total. The number of carbonyl (C=O) groups is 2. The quantitative estimate of drug-likeness (QED) is 0.286. The number of carbonyl (C=O) groups excluding carboxylic acids is 1. The van der Waals surface area contributed by atoms with Crippen LogP contribution >= 0.6 is 11.6 Å². The van der Waals surface area contributed by atoms with Crippen LogP contribution in [0.5, 0.6) is 5.75 Å². The van der Waals surface area contributed by atoms with Crippen molar-refractivity contribution in [1.29, 1.82) is 0 Å². The smallest absolute Gasteiger partial charge is 0.416 e. The van der Waals surface area contributed by atoms with E-state index in [1.807, 2.05) is 6.92 Å². The molecular formula is C33H32ClF4NO5. The summed E-state index contributed by atoms with van der Waals surface area (Å²) >= 11 is 5.98. The Morgan fingerprint density at radius 1 is 1.05 bits per heavy atom. The zero-order valence-corrected chi connectivity index (χ0v) is 25.7. The van der Waals surface area contributed by atoms with Crippen molar-refractivity contribution in [2.75, 3.05) is 18.1 Å². The van der Waals surface area contributed by atoms with E-state index in [0.29, 0.717) is 64.1 Å². The highest BCUT2D eigenvalue weighted by molar-refractivity contribution is 6.31. The third-order valence-corrected chi connectivity index (χ3v) is 8.13. The second-order valence-corrected chi connectivity index (χ2v) is 12.6. The Balaban J connectivity index is 1.76. The van der Waals surface area contributed by atoms with Crippen LogP contribution in [0.4, 0.5) is 23.2 Å². The molecule has 3 aromatic rings. The highest BCUT2D eigenvalue weighted by Gasteiger charge is 2.38. The van der Waals surface area contributed by atoms with E-state index in [-0.39, 0.29) is 29.3 Å². The number of fused-ring (bicyclic) bond motifs is 2. The van der Waals surface area contributed by atoms with Gasteiger partial charge in [0.2, 0.25) is 0 Å². The first-order valence-corrected chi connectivity index (χ1v) is 14.6. The van der Waals surface area contributed by atoms with Crippen molar-refractivity contribution in [3.63, 3.8) is 0 Å². The topological polar surface area (TPSA) is 76.1 Å². The van der Waals surface area contributed by atoms with Gasteiger partial charge in [0, 0.05) is 33.9 Å². The molecule has 2 aliphatic rings. The van der Waals surface area contributed by atoms with Crippen molar-refractivity contribution in [2.45, 2.75) is 71.8 Å². The van der Waals surface area contributed by atoms with E-state index in [9.17, 15) is 27.9 Å². The van der Waals surface area contributed by atoms with Crippen LogP contribution in [0.2, 0.25) is 5.02 Å². The monoisotopic (exact) mass is 633 g/mol. The standard InChI is InChI=1S/C33H32ClF4NO5/c1-16-11-25-22(8-9-39(25)30(40)18-12-19(33(36,37)38)14-20(34)13-18)27(26(16)29(31(41)42)44-32(3,4)5)23-15-24(35)28-21(17(23)2)7-6-10-43-28/h11-15,29H,6-10H2,1-5H3,(H,41,42). The molecule has 3 aromatic carbocycles. The van der Waals surface area contributed by atoms with Gasteiger partial charge in [0.25, 0.3) is 5.91 Å². The molecule has 2 aliphatic heterocycles. The summed E-state index contributed by atoms with van der Waals surface area (Å²) in [5, 5.41) is 10.1. The third kappa shape index (κ3) is 5.89. The summed E-state index contributed by atoms with van der Waals surface area (Å²) in [6.45, 7) is 9.17. The van der Waals surface area contributed by atoms with Gasteiger partial charge in [-0.2, -0.15) is 13.2 Å². The molecule has 2 heterocycles. The first kappa shape index (κ1) is 31.8. The summed E-state index contributed by atoms with van der Waals surface area (Å²) in [5.41, 5.74) is 1.87. The average molecular weight is 634 g/mol. The van der Waals surface area contributed by atoms with Gasteiger partial charge in [0.05, 0.1) is 17.8 Å². The number of ether oxygens (including phenoxy) is 2. The predicted molar refractivity (Wildman–Crippen MR) is 158 cm³/mol. The van der Waals surface area contributed by atoms with Crippen molar-refractivity contribution in [1.82, 2.24) is 0 Å². The number of anilines is 1. The minimum atomic E-state index is -4.71. The van der Waals surface area contributed by atoms with Gasteiger partial charge < -0.3 is 19.5 Å². The molecule has 0 bridgehead atoms. The average Bonchev–Trinajstić information content (AvgIpc) is 3.34. The number of amides is 1. The van der Waals surface area contributed by atoms with Crippen LogP contribution in [0.1, 0.15) is 77.0 Å². The van der Waals surface area contributed by atoms with Gasteiger partial charge in [-0.1, -0.05) is 11.6 Å². The molecule has 1 atom stereocenters. The Morgan fingerprint density at radius 2 is 1.75 bits per heavy atom. The maximum absolute atomic E-state index is 15.6. The van der Waals surface area contributed by atoms with E-state index in [4.69, 9.17) is 21.1 Å². The van der Waals surface area contributed by atoms with Gasteiger partial charge in [-0.15, -0.1) is 0 Å². The van der Waals surface area contributed by atoms with Crippen LogP contribution in [-0.2, 0) is 28.5 Å². The summed E-state index contributed by atoms with van der Waals surface area (Å²) in [4.78, 5) is 27.8. The number of hydrogen-bond donors (Lipinski definition) is 1. The van der Waals surface area contributed by atoms with Crippen LogP contribution in [0.15, 0.2) is 30.3 Å². The minimum Gasteiger partial charge on any atom is -0.490 e. The summed E-state index contributed by atoms with van der Waals surface area (Å²) in [6, 6.07) is 5.66. The second-order valence-electron chi connectivity index (χ2n) is 12.2. The van der Waals surface area contributed by atoms with Crippen LogP contribution < -0.4 is 9.64 Å². The molecule has 1 unspecified atom stereocenters. The van der Waals surface area contributed by atoms with Gasteiger partial charge >= 0.3 is 12.1 Å². The molecule has 1 amide bonds. The van der Waals surface area contributed by atoms with Gasteiger partial charge in [-0.3, -0.25) is 4.79 Å². The molecule has 0 fully saturated rings. The molecule has 0 saturated carbocycles. The number of halogens is 5. The normalized spacial score (nSPS) is 15.5. The lowest BCUT2D eigenvalue weighted by atomic mass is 9.83. The van der Waals surface area contributed by atoms with Gasteiger partial charge in [0.1, 0.15) is 0 Å². The van der Waals surface area contributed by atoms with Gasteiger partial charge in [-0.25, -0.2) is 9.18 Å². The number of rotatable bonds is 5. The molecular weight excluding hydrogens is 602 g/mol. The Morgan fingerprint density at radius 3 is 2.39 bits per heavy atom. The number of benzene rings is 3. The number of carboxylic acids is 1. The van der Waals surface area contributed by atoms with Crippen molar-refractivity contribution in [2.24, 2.45) is 0 Å². The third-order valence-electron chi connectivity index (χ3n) is 7.92. The Kier molecular flexibility index (Phi) is 8.22. The van der Waals surface area contributed by atoms with Crippen LogP contribution in [0, 0.1) is 19.7 Å². The Hall–Kier alpha value is -3.63. The summed E-state index contributed by atoms with van der Waals surface area (Å²) in [6.07, 6.45) is -4.65. The number of hydrogen-bond acceptors (Lipinski definition) is 4.